The maximum atomic E-state index is 12.8. The molecule has 0 saturated carbocycles. The number of rotatable bonds is 46. The van der Waals surface area contributed by atoms with E-state index in [-0.39, 0.29) is 31.1 Å². The van der Waals surface area contributed by atoms with Crippen molar-refractivity contribution in [3.63, 3.8) is 0 Å². The lowest BCUT2D eigenvalue weighted by atomic mass is 10.0. The number of carbonyl (C=O) groups is 3. The Labute approximate surface area is 360 Å². The summed E-state index contributed by atoms with van der Waals surface area (Å²) in [5.41, 5.74) is 0. The van der Waals surface area contributed by atoms with Gasteiger partial charge < -0.3 is 14.2 Å². The van der Waals surface area contributed by atoms with Crippen LogP contribution in [0, 0.1) is 0 Å². The Bertz CT molecular complexity index is 942. The third-order valence-corrected chi connectivity index (χ3v) is 11.2. The molecule has 0 heterocycles. The van der Waals surface area contributed by atoms with Crippen molar-refractivity contribution in [1.82, 2.24) is 0 Å². The van der Waals surface area contributed by atoms with Crippen LogP contribution in [0.3, 0.4) is 0 Å². The molecule has 0 fully saturated rings. The van der Waals surface area contributed by atoms with Gasteiger partial charge in [-0.1, -0.05) is 231 Å². The van der Waals surface area contributed by atoms with Crippen molar-refractivity contribution in [2.24, 2.45) is 0 Å². The molecule has 0 rings (SSSR count). The second kappa shape index (κ2) is 47.6. The molecule has 0 radical (unpaired) electrons. The van der Waals surface area contributed by atoms with Gasteiger partial charge >= 0.3 is 17.9 Å². The highest BCUT2D eigenvalue weighted by Gasteiger charge is 2.19. The number of ether oxygens (including phenoxy) is 3. The van der Waals surface area contributed by atoms with E-state index in [4.69, 9.17) is 14.2 Å². The highest BCUT2D eigenvalue weighted by Crippen LogP contribution is 2.16. The molecule has 0 aliphatic carbocycles. The molecule has 1 atom stereocenters. The minimum absolute atomic E-state index is 0.0705. The maximum Gasteiger partial charge on any atom is 0.306 e. The Morgan fingerprint density at radius 3 is 0.948 bits per heavy atom. The van der Waals surface area contributed by atoms with E-state index in [1.54, 1.807) is 0 Å². The second-order valence-corrected chi connectivity index (χ2v) is 17.1. The molecule has 0 saturated heterocycles. The largest absolute Gasteiger partial charge is 0.462 e. The summed E-state index contributed by atoms with van der Waals surface area (Å²) in [5, 5.41) is 0. The predicted octanol–water partition coefficient (Wildman–Crippen LogP) is 16.4. The molecule has 0 aromatic carbocycles. The Balaban J connectivity index is 4.33. The van der Waals surface area contributed by atoms with E-state index in [0.29, 0.717) is 19.3 Å². The summed E-state index contributed by atoms with van der Waals surface area (Å²) in [6.45, 7) is 6.61. The fourth-order valence-corrected chi connectivity index (χ4v) is 7.37. The molecule has 0 bridgehead atoms. The van der Waals surface area contributed by atoms with Crippen molar-refractivity contribution in [2.75, 3.05) is 13.2 Å². The third kappa shape index (κ3) is 45.0. The van der Waals surface area contributed by atoms with Gasteiger partial charge in [-0.15, -0.1) is 0 Å². The van der Waals surface area contributed by atoms with E-state index < -0.39 is 6.10 Å². The van der Waals surface area contributed by atoms with Gasteiger partial charge in [-0.3, -0.25) is 14.4 Å². The van der Waals surface area contributed by atoms with Gasteiger partial charge in [0, 0.05) is 19.3 Å². The van der Waals surface area contributed by atoms with E-state index in [9.17, 15) is 14.4 Å². The molecule has 0 spiro atoms. The number of carbonyl (C=O) groups excluding carboxylic acids is 3. The van der Waals surface area contributed by atoms with Crippen LogP contribution < -0.4 is 0 Å². The van der Waals surface area contributed by atoms with Crippen LogP contribution in [0.25, 0.3) is 0 Å². The molecule has 0 aliphatic heterocycles. The Hall–Kier alpha value is -2.11. The first-order chi connectivity index (χ1) is 28.5. The lowest BCUT2D eigenvalue weighted by Crippen LogP contribution is -2.30. The monoisotopic (exact) mass is 817 g/mol. The van der Waals surface area contributed by atoms with Crippen molar-refractivity contribution in [2.45, 2.75) is 277 Å². The fraction of sp³-hybridized carbons (Fsp3) is 0.865. The zero-order valence-electron chi connectivity index (χ0n) is 38.8. The van der Waals surface area contributed by atoms with Crippen LogP contribution in [0.5, 0.6) is 0 Å². The molecule has 58 heavy (non-hydrogen) atoms. The maximum absolute atomic E-state index is 12.8. The second-order valence-electron chi connectivity index (χ2n) is 17.1. The molecule has 1 unspecified atom stereocenters. The number of allylic oxidation sites excluding steroid dienone is 4. The van der Waals surface area contributed by atoms with E-state index >= 15 is 0 Å². The van der Waals surface area contributed by atoms with Crippen molar-refractivity contribution < 1.29 is 28.6 Å². The summed E-state index contributed by atoms with van der Waals surface area (Å²) in [5.74, 6) is -0.871. The summed E-state index contributed by atoms with van der Waals surface area (Å²) >= 11 is 0. The van der Waals surface area contributed by atoms with Crippen LogP contribution in [0.2, 0.25) is 0 Å². The summed E-state index contributed by atoms with van der Waals surface area (Å²) in [6.07, 6.45) is 53.0. The summed E-state index contributed by atoms with van der Waals surface area (Å²) in [6, 6.07) is 0. The standard InChI is InChI=1S/C52H96O6/c1-4-7-10-13-16-19-22-24-26-28-30-33-36-39-42-45-51(54)57-48-49(47-56-50(53)44-41-38-35-32-21-18-15-12-9-6-3)58-52(55)46-43-40-37-34-31-29-27-25-23-20-17-14-11-8-5-2/h16,19,22,24,49H,4-15,17-18,20-21,23,25-48H2,1-3H3/b19-16-,24-22-. The topological polar surface area (TPSA) is 78.9 Å². The highest BCUT2D eigenvalue weighted by molar-refractivity contribution is 5.71. The van der Waals surface area contributed by atoms with Gasteiger partial charge in [0.15, 0.2) is 6.10 Å². The number of hydrogen-bond acceptors (Lipinski definition) is 6. The van der Waals surface area contributed by atoms with Crippen molar-refractivity contribution in [3.05, 3.63) is 24.3 Å². The molecule has 6 nitrogen and oxygen atoms in total. The molecule has 0 N–H and O–H groups in total. The van der Waals surface area contributed by atoms with Crippen LogP contribution in [0.1, 0.15) is 271 Å². The molecule has 0 amide bonds. The Morgan fingerprint density at radius 1 is 0.345 bits per heavy atom. The first-order valence-corrected chi connectivity index (χ1v) is 25.4. The van der Waals surface area contributed by atoms with Crippen LogP contribution in [0.4, 0.5) is 0 Å². The first kappa shape index (κ1) is 55.9. The number of hydrogen-bond donors (Lipinski definition) is 0. The molecule has 0 aromatic heterocycles. The van der Waals surface area contributed by atoms with E-state index in [1.165, 1.54) is 167 Å². The van der Waals surface area contributed by atoms with Gasteiger partial charge in [0.05, 0.1) is 0 Å². The molecule has 6 heteroatoms. The molecule has 0 aliphatic rings. The van der Waals surface area contributed by atoms with Crippen molar-refractivity contribution in [3.8, 4) is 0 Å². The van der Waals surface area contributed by atoms with Gasteiger partial charge in [0.1, 0.15) is 13.2 Å². The Kier molecular flexibility index (Phi) is 45.8. The van der Waals surface area contributed by atoms with Gasteiger partial charge in [-0.2, -0.15) is 0 Å². The zero-order chi connectivity index (χ0) is 42.3. The minimum Gasteiger partial charge on any atom is -0.462 e. The van der Waals surface area contributed by atoms with Gasteiger partial charge in [-0.05, 0) is 44.9 Å². The van der Waals surface area contributed by atoms with Crippen molar-refractivity contribution >= 4 is 17.9 Å². The average Bonchev–Trinajstić information content (AvgIpc) is 3.22. The summed E-state index contributed by atoms with van der Waals surface area (Å²) in [7, 11) is 0. The highest BCUT2D eigenvalue weighted by atomic mass is 16.6. The summed E-state index contributed by atoms with van der Waals surface area (Å²) in [4.78, 5) is 37.9. The molecule has 0 aromatic rings. The average molecular weight is 817 g/mol. The van der Waals surface area contributed by atoms with Crippen molar-refractivity contribution in [1.29, 1.82) is 0 Å². The van der Waals surface area contributed by atoms with Crippen LogP contribution in [-0.2, 0) is 28.6 Å². The van der Waals surface area contributed by atoms with Crippen LogP contribution in [-0.4, -0.2) is 37.2 Å². The van der Waals surface area contributed by atoms with Crippen LogP contribution >= 0.6 is 0 Å². The van der Waals surface area contributed by atoms with E-state index in [0.717, 1.165) is 64.2 Å². The Morgan fingerprint density at radius 2 is 0.603 bits per heavy atom. The lowest BCUT2D eigenvalue weighted by Gasteiger charge is -2.18. The van der Waals surface area contributed by atoms with Gasteiger partial charge in [0.2, 0.25) is 0 Å². The predicted molar refractivity (Wildman–Crippen MR) is 247 cm³/mol. The molecular weight excluding hydrogens is 721 g/mol. The summed E-state index contributed by atoms with van der Waals surface area (Å²) < 4.78 is 16.8. The fourth-order valence-electron chi connectivity index (χ4n) is 7.37. The first-order valence-electron chi connectivity index (χ1n) is 25.4. The molecular formula is C52H96O6. The smallest absolute Gasteiger partial charge is 0.306 e. The number of unbranched alkanes of at least 4 members (excludes halogenated alkanes) is 32. The van der Waals surface area contributed by atoms with Crippen LogP contribution in [0.15, 0.2) is 24.3 Å². The zero-order valence-corrected chi connectivity index (χ0v) is 38.8. The number of esters is 3. The quantitative estimate of drug-likeness (QED) is 0.0263. The van der Waals surface area contributed by atoms with Gasteiger partial charge in [0.25, 0.3) is 0 Å². The van der Waals surface area contributed by atoms with E-state index in [2.05, 4.69) is 45.1 Å². The van der Waals surface area contributed by atoms with Gasteiger partial charge in [-0.25, -0.2) is 0 Å². The third-order valence-electron chi connectivity index (χ3n) is 11.2. The SMILES string of the molecule is CCCCC/C=C\C=C/CCCCCCCCC(=O)OCC(COC(=O)CCCCCCCCCCCC)OC(=O)CCCCCCCCCCCCCCCCC. The minimum atomic E-state index is -0.768. The molecule has 340 valence electrons. The lowest BCUT2D eigenvalue weighted by molar-refractivity contribution is -0.167. The van der Waals surface area contributed by atoms with E-state index in [1.807, 2.05) is 0 Å². The normalized spacial score (nSPS) is 12.1.